The fraction of sp³-hybridized carbons (Fsp3) is 0.393. The quantitative estimate of drug-likeness (QED) is 0.0290. The molecule has 0 radical (unpaired) electrons. The molecule has 0 unspecified atom stereocenters. The molecule has 10 aromatic rings. The van der Waals surface area contributed by atoms with Crippen molar-refractivity contribution < 1.29 is 39.6 Å². The number of unbranched alkanes of at least 4 members (excludes halogenated alkanes) is 1. The first-order valence-corrected chi connectivity index (χ1v) is 51.4. The van der Waals surface area contributed by atoms with Crippen LogP contribution < -0.4 is 30.4 Å². The summed E-state index contributed by atoms with van der Waals surface area (Å²) in [4.78, 5) is 44.5. The van der Waals surface area contributed by atoms with Crippen LogP contribution in [0.2, 0.25) is 35.2 Å². The third kappa shape index (κ3) is 24.5. The van der Waals surface area contributed by atoms with Crippen LogP contribution in [0.15, 0.2) is 127 Å². The number of halogens is 7. The summed E-state index contributed by atoms with van der Waals surface area (Å²) >= 11 is 47.6. The lowest BCUT2D eigenvalue weighted by Gasteiger charge is -2.27. The number of hydrogen-bond donors (Lipinski definition) is 6. The van der Waals surface area contributed by atoms with Gasteiger partial charge < -0.3 is 0 Å². The SMILES string of the molecule is CCCC#Cc1ccc(-c2c(CNS(=O)(=O)N3CCCCC3)c(C(=O)NN3CCCCC3)nn2-c2ccc(Cl)cc2Cl)s1.Cc1ccc(C#Cc2ccc(-c3c(CNS(=O)(=O)N4CCCC4)c(C(=O)NN4CCCCC4)nn3-c3ccc(Cl)cc3Cl)s2)cc1.O=C(NN1CCCCC1)c1nn(-c2ccc(Cl)cc2Cl)c(-c2ccc(Cl)cc2)c1CNS(=O)(=O)N1CCCC1. The number of hydrazine groups is 3. The van der Waals surface area contributed by atoms with E-state index in [0.29, 0.717) is 131 Å². The highest BCUT2D eigenvalue weighted by atomic mass is 35.5. The summed E-state index contributed by atoms with van der Waals surface area (Å²) in [6, 6.07) is 37.8. The van der Waals surface area contributed by atoms with Gasteiger partial charge in [-0.25, -0.2) is 29.1 Å². The molecule has 128 heavy (non-hydrogen) atoms. The van der Waals surface area contributed by atoms with Gasteiger partial charge in [0.1, 0.15) is 0 Å². The van der Waals surface area contributed by atoms with Crippen molar-refractivity contribution in [3.05, 3.63) is 217 Å². The average molecular weight is 1970 g/mol. The van der Waals surface area contributed by atoms with Gasteiger partial charge in [0.05, 0.1) is 68.7 Å². The van der Waals surface area contributed by atoms with Crippen LogP contribution in [0.5, 0.6) is 0 Å². The molecule has 0 bridgehead atoms. The van der Waals surface area contributed by atoms with E-state index >= 15 is 0 Å². The van der Waals surface area contributed by atoms with E-state index in [-0.39, 0.29) is 36.7 Å². The molecular formula is C89H99Cl7N18O9S5. The van der Waals surface area contributed by atoms with Gasteiger partial charge in [-0.2, -0.15) is 67.6 Å². The van der Waals surface area contributed by atoms with Crippen LogP contribution in [0.25, 0.3) is 49.5 Å². The number of rotatable bonds is 25. The minimum atomic E-state index is -3.79. The number of thiophene rings is 2. The molecule has 6 fully saturated rings. The molecule has 27 nitrogen and oxygen atoms in total. The lowest BCUT2D eigenvalue weighted by molar-refractivity contribution is 0.0736. The topological polar surface area (TPSA) is 299 Å². The van der Waals surface area contributed by atoms with Gasteiger partial charge in [-0.15, -0.1) is 22.7 Å². The fourth-order valence-electron chi connectivity index (χ4n) is 15.7. The van der Waals surface area contributed by atoms with Crippen molar-refractivity contribution >= 4 is 152 Å². The van der Waals surface area contributed by atoms with Gasteiger partial charge in [0.25, 0.3) is 48.3 Å². The van der Waals surface area contributed by atoms with Crippen molar-refractivity contribution in [3.63, 3.8) is 0 Å². The molecule has 6 aliphatic heterocycles. The smallest absolute Gasteiger partial charge is 0.283 e. The molecule has 6 N–H and O–H groups in total. The number of amides is 3. The number of aryl methyl sites for hydroxylation is 1. The molecule has 0 atom stereocenters. The molecular weight excluding hydrogens is 1870 g/mol. The Balaban J connectivity index is 0.000000156. The highest BCUT2D eigenvalue weighted by molar-refractivity contribution is 7.87. The molecule has 6 aliphatic rings. The molecule has 0 saturated carbocycles. The predicted molar refractivity (Wildman–Crippen MR) is 510 cm³/mol. The van der Waals surface area contributed by atoms with Gasteiger partial charge in [0.15, 0.2) is 17.1 Å². The van der Waals surface area contributed by atoms with Crippen molar-refractivity contribution in [1.29, 1.82) is 0 Å². The van der Waals surface area contributed by atoms with Crippen molar-refractivity contribution in [1.82, 2.24) is 87.7 Å². The van der Waals surface area contributed by atoms with E-state index < -0.39 is 48.3 Å². The van der Waals surface area contributed by atoms with Crippen molar-refractivity contribution in [2.24, 2.45) is 0 Å². The zero-order valence-corrected chi connectivity index (χ0v) is 80.1. The third-order valence-electron chi connectivity index (χ3n) is 22.4. The standard InChI is InChI=1S/C33H34Cl2N6O3S2.C30H36Cl2N6O3S2.C26H29Cl3N6O3S/c1-23-7-9-24(10-8-23)11-13-26-14-16-30(45-26)32-27(22-36-46(43,44)40-19-5-6-20-40)31(33(42)38-39-17-3-2-4-18-39)37-41(32)29-15-12-25(34)21-28(29)35;1-2-3-6-11-23-13-15-27(42-23)29-24(21-33-43(40,41)37-18-9-5-10-19-37)28(30(39)35-36-16-7-4-8-17-36)34-38(29)26-14-12-22(31)20-25(26)32;27-19-8-6-18(7-9-19)25-21(17-30-39(37,38)34-14-4-5-15-34)24(26(36)32-33-12-2-1-3-13-33)31-35(25)23-11-10-20(28)16-22(23)29/h7-10,12,14-16,21,36H,2-6,17-20,22H2,1H3,(H,38,42);12-15,20,33H,2-5,7-10,16-19,21H2,1H3,(H,35,39);6-11,16,30H,1-5,12-15,17H2,(H,32,36). The summed E-state index contributed by atoms with van der Waals surface area (Å²) in [6.07, 6.45) is 16.9. The predicted octanol–water partition coefficient (Wildman–Crippen LogP) is 17.2. The van der Waals surface area contributed by atoms with Crippen LogP contribution in [0.4, 0.5) is 0 Å². The van der Waals surface area contributed by atoms with Crippen LogP contribution in [0.3, 0.4) is 0 Å². The highest BCUT2D eigenvalue weighted by Crippen LogP contribution is 2.41. The Labute approximate surface area is 790 Å². The second-order valence-electron chi connectivity index (χ2n) is 31.7. The second kappa shape index (κ2) is 44.6. The zero-order chi connectivity index (χ0) is 90.2. The van der Waals surface area contributed by atoms with Crippen LogP contribution in [0.1, 0.15) is 192 Å². The van der Waals surface area contributed by atoms with Crippen molar-refractivity contribution in [2.45, 2.75) is 149 Å². The minimum absolute atomic E-state index is 0.0978. The Morgan fingerprint density at radius 1 is 0.375 bits per heavy atom. The molecule has 11 heterocycles. The lowest BCUT2D eigenvalue weighted by atomic mass is 10.0. The number of carbonyl (C=O) groups excluding carboxylic acids is 3. The summed E-state index contributed by atoms with van der Waals surface area (Å²) in [5.74, 6) is 11.6. The van der Waals surface area contributed by atoms with Gasteiger partial charge >= 0.3 is 0 Å². The molecule has 0 aliphatic carbocycles. The van der Waals surface area contributed by atoms with Gasteiger partial charge in [0.2, 0.25) is 0 Å². The maximum absolute atomic E-state index is 13.9. The van der Waals surface area contributed by atoms with Gasteiger partial charge in [-0.05, 0) is 194 Å². The maximum Gasteiger partial charge on any atom is 0.286 e. The van der Waals surface area contributed by atoms with E-state index in [0.717, 1.165) is 185 Å². The van der Waals surface area contributed by atoms with Crippen LogP contribution in [-0.2, 0) is 50.3 Å². The van der Waals surface area contributed by atoms with E-state index in [2.05, 4.69) is 61.0 Å². The fourth-order valence-corrected chi connectivity index (χ4v) is 22.9. The number of aromatic nitrogens is 6. The minimum Gasteiger partial charge on any atom is -0.283 e. The van der Waals surface area contributed by atoms with E-state index in [1.807, 2.05) is 70.5 Å². The summed E-state index contributed by atoms with van der Waals surface area (Å²) in [5.41, 5.74) is 16.5. The van der Waals surface area contributed by atoms with E-state index in [4.69, 9.17) is 96.5 Å². The first-order valence-electron chi connectivity index (χ1n) is 42.9. The summed E-state index contributed by atoms with van der Waals surface area (Å²) in [7, 11) is -11.3. The van der Waals surface area contributed by atoms with Crippen LogP contribution in [-0.4, -0.2) is 179 Å². The molecule has 0 spiro atoms. The summed E-state index contributed by atoms with van der Waals surface area (Å²) in [5, 5.41) is 22.8. The summed E-state index contributed by atoms with van der Waals surface area (Å²) < 4.78 is 96.8. The number of nitrogens with one attached hydrogen (secondary N) is 6. The van der Waals surface area contributed by atoms with E-state index in [1.54, 1.807) is 92.9 Å². The molecule has 5 aromatic heterocycles. The molecule has 16 rings (SSSR count). The second-order valence-corrected chi connectivity index (χ2v) is 42.1. The molecule has 5 aromatic carbocycles. The first-order chi connectivity index (χ1) is 61.7. The molecule has 6 saturated heterocycles. The highest BCUT2D eigenvalue weighted by Gasteiger charge is 2.36. The van der Waals surface area contributed by atoms with Gasteiger partial charge in [-0.3, -0.25) is 30.7 Å². The van der Waals surface area contributed by atoms with Gasteiger partial charge in [0, 0.05) is 152 Å². The Morgan fingerprint density at radius 3 is 1.05 bits per heavy atom. The Kier molecular flexibility index (Phi) is 33.5. The van der Waals surface area contributed by atoms with Crippen LogP contribution >= 0.6 is 104 Å². The monoisotopic (exact) mass is 1970 g/mol. The molecule has 678 valence electrons. The largest absolute Gasteiger partial charge is 0.286 e. The third-order valence-corrected chi connectivity index (χ3v) is 30.9. The molecule has 3 amide bonds. The number of carbonyl (C=O) groups is 3. The lowest BCUT2D eigenvalue weighted by Crippen LogP contribution is -2.46. The normalized spacial score (nSPS) is 16.4. The van der Waals surface area contributed by atoms with Crippen molar-refractivity contribution in [2.75, 3.05) is 78.5 Å². The van der Waals surface area contributed by atoms with E-state index in [9.17, 15) is 39.6 Å². The first kappa shape index (κ1) is 96.2. The Hall–Kier alpha value is -7.82. The zero-order valence-electron chi connectivity index (χ0n) is 70.7. The number of nitrogens with zero attached hydrogens (tertiary/aromatic N) is 12. The maximum atomic E-state index is 13.9. The van der Waals surface area contributed by atoms with Crippen molar-refractivity contribution in [3.8, 4) is 73.1 Å². The Bertz CT molecular complexity index is 6130. The number of benzene rings is 5. The van der Waals surface area contributed by atoms with Crippen LogP contribution in [0, 0.1) is 30.6 Å². The number of hydrogen-bond acceptors (Lipinski definition) is 17. The number of piperidine rings is 4. The van der Waals surface area contributed by atoms with Gasteiger partial charge in [-0.1, -0.05) is 167 Å². The van der Waals surface area contributed by atoms with E-state index in [1.165, 1.54) is 35.6 Å². The molecule has 39 heteroatoms. The average Bonchev–Trinajstić information content (AvgIpc) is 1.62. The summed E-state index contributed by atoms with van der Waals surface area (Å²) in [6.45, 7) is 10.9. The Morgan fingerprint density at radius 2 is 0.695 bits per heavy atom.